The van der Waals surface area contributed by atoms with E-state index in [9.17, 15) is 18.6 Å². The maximum atomic E-state index is 12.8. The van der Waals surface area contributed by atoms with E-state index in [0.29, 0.717) is 48.3 Å². The summed E-state index contributed by atoms with van der Waals surface area (Å²) in [5, 5.41) is 29.2. The number of sulfonamides is 1. The van der Waals surface area contributed by atoms with Gasteiger partial charge in [-0.05, 0) is 117 Å². The second-order valence-electron chi connectivity index (χ2n) is 15.1. The molecule has 0 aliphatic heterocycles. The average molecular weight is 591 g/mol. The van der Waals surface area contributed by atoms with Gasteiger partial charge in [-0.15, -0.1) is 5.10 Å². The third-order valence-corrected chi connectivity index (χ3v) is 15.1. The summed E-state index contributed by atoms with van der Waals surface area (Å²) in [5.41, 5.74) is 0.506. The fourth-order valence-corrected chi connectivity index (χ4v) is 12.6. The fraction of sp³-hybridized carbons (Fsp3) is 0.938. The largest absolute Gasteiger partial charge is 0.393 e. The third-order valence-electron chi connectivity index (χ3n) is 13.3. The minimum absolute atomic E-state index is 0.176. The van der Waals surface area contributed by atoms with Gasteiger partial charge in [-0.2, -0.15) is 4.98 Å². The summed E-state index contributed by atoms with van der Waals surface area (Å²) in [7, 11) is -3.44. The minimum Gasteiger partial charge on any atom is -0.393 e. The Hall–Kier alpha value is -1.19. The van der Waals surface area contributed by atoms with Crippen molar-refractivity contribution in [2.45, 2.75) is 141 Å². The van der Waals surface area contributed by atoms with Crippen molar-refractivity contribution >= 4 is 16.0 Å². The second kappa shape index (κ2) is 11.4. The van der Waals surface area contributed by atoms with Gasteiger partial charge >= 0.3 is 0 Å². The number of aliphatic hydroxyl groups excluding tert-OH is 2. The van der Waals surface area contributed by atoms with Crippen molar-refractivity contribution < 1.29 is 18.6 Å². The summed E-state index contributed by atoms with van der Waals surface area (Å²) < 4.78 is 28.2. The zero-order valence-corrected chi connectivity index (χ0v) is 26.3. The molecular formula is C32H54N4O4S. The van der Waals surface area contributed by atoms with Crippen molar-refractivity contribution in [1.82, 2.24) is 15.2 Å². The number of aryl methyl sites for hydroxylation is 1. The number of aliphatic hydroxyl groups is 2. The Kier molecular flexibility index (Phi) is 8.29. The summed E-state index contributed by atoms with van der Waals surface area (Å²) in [6.07, 6.45) is 15.7. The second-order valence-corrected chi connectivity index (χ2v) is 17.1. The first-order chi connectivity index (χ1) is 19.6. The van der Waals surface area contributed by atoms with E-state index in [4.69, 9.17) is 0 Å². The van der Waals surface area contributed by atoms with Crippen LogP contribution in [0.5, 0.6) is 0 Å². The van der Waals surface area contributed by atoms with E-state index in [-0.39, 0.29) is 34.2 Å². The Morgan fingerprint density at radius 3 is 2.44 bits per heavy atom. The number of aromatic nitrogens is 3. The van der Waals surface area contributed by atoms with E-state index in [2.05, 4.69) is 40.7 Å². The number of rotatable bonds is 8. The van der Waals surface area contributed by atoms with E-state index in [1.54, 1.807) is 0 Å². The Balaban J connectivity index is 1.08. The molecule has 1 aromatic heterocycles. The van der Waals surface area contributed by atoms with Crippen LogP contribution in [0.2, 0.25) is 0 Å². The number of anilines is 1. The Bertz CT molecular complexity index is 1170. The van der Waals surface area contributed by atoms with Crippen LogP contribution in [0.25, 0.3) is 0 Å². The molecule has 1 aromatic rings. The molecule has 232 valence electrons. The van der Waals surface area contributed by atoms with Crippen LogP contribution in [-0.2, 0) is 16.4 Å². The lowest BCUT2D eigenvalue weighted by atomic mass is 9.41. The predicted molar refractivity (Wildman–Crippen MR) is 161 cm³/mol. The Morgan fingerprint density at radius 1 is 0.951 bits per heavy atom. The quantitative estimate of drug-likeness (QED) is 0.302. The first-order valence-corrected chi connectivity index (χ1v) is 18.4. The van der Waals surface area contributed by atoms with Crippen molar-refractivity contribution in [2.24, 2.45) is 46.3 Å². The summed E-state index contributed by atoms with van der Waals surface area (Å²) in [6.45, 7) is 7.27. The highest BCUT2D eigenvalue weighted by Gasteiger charge is 2.64. The first-order valence-electron chi connectivity index (χ1n) is 16.9. The zero-order chi connectivity index (χ0) is 29.0. The average Bonchev–Trinajstić information content (AvgIpc) is 3.53. The molecule has 0 saturated heterocycles. The predicted octanol–water partition coefficient (Wildman–Crippen LogP) is 5.83. The highest BCUT2D eigenvalue weighted by molar-refractivity contribution is 7.93. The summed E-state index contributed by atoms with van der Waals surface area (Å²) in [5.74, 6) is 3.84. The molecule has 0 amide bonds. The molecule has 5 saturated carbocycles. The van der Waals surface area contributed by atoms with Crippen LogP contribution in [0.4, 0.5) is 5.95 Å². The van der Waals surface area contributed by atoms with E-state index >= 15 is 0 Å². The van der Waals surface area contributed by atoms with Gasteiger partial charge in [0.2, 0.25) is 10.0 Å². The van der Waals surface area contributed by atoms with Gasteiger partial charge in [0.15, 0.2) is 0 Å². The molecule has 1 heterocycles. The maximum absolute atomic E-state index is 12.8. The SMILES string of the molecule is CC[C@H]1[C@@H](O)[C@@H]2[C@H](CC[C@]3(C)[C@@H](CCCc4nc(NS(=O)(=O)C5CCCCC5)n[nH]4)CC[C@@H]23)[C@@]2(C)CC[C@@H](O)C[C@@H]12. The summed E-state index contributed by atoms with van der Waals surface area (Å²) in [6, 6.07) is 0. The van der Waals surface area contributed by atoms with Crippen LogP contribution in [0.15, 0.2) is 0 Å². The Labute approximate surface area is 247 Å². The number of fused-ring (bicyclic) bond motifs is 5. The highest BCUT2D eigenvalue weighted by Crippen LogP contribution is 2.69. The molecule has 41 heavy (non-hydrogen) atoms. The van der Waals surface area contributed by atoms with E-state index < -0.39 is 10.0 Å². The standard InChI is InChI=1S/C32H54N4O4S/c1-4-23-26-19-21(37)15-17-32(26,3)25-16-18-31(2)20(13-14-24(31)28(25)29(23)38)9-8-12-27-33-30(35-34-27)36-41(39,40)22-10-6-5-7-11-22/h20-26,28-29,37-38H,4-19H2,1-3H3,(H2,33,34,35,36)/t20-,21+,23+,24-,25-,26-,28-,29+,31+,32+/m0/s1. The van der Waals surface area contributed by atoms with Crippen LogP contribution >= 0.6 is 0 Å². The number of nitrogens with one attached hydrogen (secondary N) is 2. The zero-order valence-electron chi connectivity index (χ0n) is 25.5. The number of hydrogen-bond donors (Lipinski definition) is 4. The van der Waals surface area contributed by atoms with E-state index in [0.717, 1.165) is 70.0 Å². The van der Waals surface area contributed by atoms with Crippen LogP contribution in [0.3, 0.4) is 0 Å². The molecule has 0 radical (unpaired) electrons. The van der Waals surface area contributed by atoms with Crippen molar-refractivity contribution in [3.8, 4) is 0 Å². The Morgan fingerprint density at radius 2 is 1.68 bits per heavy atom. The topological polar surface area (TPSA) is 128 Å². The van der Waals surface area contributed by atoms with Crippen LogP contribution in [0.1, 0.15) is 123 Å². The first kappa shape index (κ1) is 29.9. The lowest BCUT2D eigenvalue weighted by Gasteiger charge is -2.64. The molecule has 9 heteroatoms. The molecule has 0 spiro atoms. The van der Waals surface area contributed by atoms with Crippen molar-refractivity contribution in [2.75, 3.05) is 4.72 Å². The molecule has 0 aromatic carbocycles. The van der Waals surface area contributed by atoms with Crippen LogP contribution in [0, 0.1) is 46.3 Å². The number of hydrogen-bond acceptors (Lipinski definition) is 6. The van der Waals surface area contributed by atoms with Gasteiger partial charge < -0.3 is 10.2 Å². The molecule has 5 aliphatic carbocycles. The lowest BCUT2D eigenvalue weighted by molar-refractivity contribution is -0.202. The fourth-order valence-electron chi connectivity index (χ4n) is 11.1. The minimum atomic E-state index is -3.44. The highest BCUT2D eigenvalue weighted by atomic mass is 32.2. The van der Waals surface area contributed by atoms with Gasteiger partial charge in [0, 0.05) is 6.42 Å². The van der Waals surface area contributed by atoms with E-state index in [1.807, 2.05) is 0 Å². The van der Waals surface area contributed by atoms with Gasteiger partial charge in [0.25, 0.3) is 5.95 Å². The van der Waals surface area contributed by atoms with Gasteiger partial charge in [-0.25, -0.2) is 13.1 Å². The molecule has 5 fully saturated rings. The number of H-pyrrole nitrogens is 1. The monoisotopic (exact) mass is 590 g/mol. The summed E-state index contributed by atoms with van der Waals surface area (Å²) in [4.78, 5) is 4.48. The molecule has 10 atom stereocenters. The number of nitrogens with zero attached hydrogens (tertiary/aromatic N) is 2. The van der Waals surface area contributed by atoms with Gasteiger partial charge in [-0.3, -0.25) is 5.10 Å². The smallest absolute Gasteiger partial charge is 0.255 e. The molecule has 4 N–H and O–H groups in total. The van der Waals surface area contributed by atoms with Crippen LogP contribution in [-0.4, -0.2) is 51.3 Å². The van der Waals surface area contributed by atoms with E-state index in [1.165, 1.54) is 25.7 Å². The van der Waals surface area contributed by atoms with Gasteiger partial charge in [-0.1, -0.05) is 46.5 Å². The molecule has 5 aliphatic rings. The molecular weight excluding hydrogens is 536 g/mol. The molecule has 0 bridgehead atoms. The van der Waals surface area contributed by atoms with Gasteiger partial charge in [0.05, 0.1) is 17.5 Å². The van der Waals surface area contributed by atoms with Crippen molar-refractivity contribution in [1.29, 1.82) is 0 Å². The molecule has 6 rings (SSSR count). The van der Waals surface area contributed by atoms with Crippen molar-refractivity contribution in [3.63, 3.8) is 0 Å². The number of aromatic amines is 1. The molecule has 8 nitrogen and oxygen atoms in total. The normalized spacial score (nSPS) is 43.2. The van der Waals surface area contributed by atoms with Crippen LogP contribution < -0.4 is 4.72 Å². The third kappa shape index (κ3) is 5.28. The molecule has 0 unspecified atom stereocenters. The lowest BCUT2D eigenvalue weighted by Crippen LogP contribution is -2.62. The maximum Gasteiger partial charge on any atom is 0.255 e. The van der Waals surface area contributed by atoms with Gasteiger partial charge in [0.1, 0.15) is 5.82 Å². The van der Waals surface area contributed by atoms with Crippen molar-refractivity contribution in [3.05, 3.63) is 5.82 Å². The summed E-state index contributed by atoms with van der Waals surface area (Å²) >= 11 is 0.